The molecule has 2 N–H and O–H groups in total. The van der Waals surface area contributed by atoms with Gasteiger partial charge in [-0.1, -0.05) is 26.7 Å². The van der Waals surface area contributed by atoms with Gasteiger partial charge in [-0.25, -0.2) is 0 Å². The first-order valence-electron chi connectivity index (χ1n) is 8.45. The lowest BCUT2D eigenvalue weighted by Crippen LogP contribution is -2.45. The summed E-state index contributed by atoms with van der Waals surface area (Å²) in [5.41, 5.74) is 0.589. The van der Waals surface area contributed by atoms with Gasteiger partial charge in [0.15, 0.2) is 0 Å². The molecule has 0 aromatic heterocycles. The second-order valence-electron chi connectivity index (χ2n) is 6.17. The monoisotopic (exact) mass is 318 g/mol. The van der Waals surface area contributed by atoms with Gasteiger partial charge in [0.2, 0.25) is 0 Å². The van der Waals surface area contributed by atoms with Crippen molar-refractivity contribution in [2.24, 2.45) is 5.92 Å². The van der Waals surface area contributed by atoms with Gasteiger partial charge in [0.25, 0.3) is 0 Å². The zero-order chi connectivity index (χ0) is 16.7. The lowest BCUT2D eigenvalue weighted by atomic mass is 9.86. The molecule has 1 aromatic carbocycles. The van der Waals surface area contributed by atoms with E-state index in [0.717, 1.165) is 31.4 Å². The van der Waals surface area contributed by atoms with Crippen molar-refractivity contribution in [2.75, 3.05) is 11.9 Å². The molecule has 1 aliphatic rings. The Balaban J connectivity index is 1.84. The van der Waals surface area contributed by atoms with Crippen molar-refractivity contribution in [2.45, 2.75) is 52.0 Å². The molecule has 0 bridgehead atoms. The molecule has 1 saturated carbocycles. The Kier molecular flexibility index (Phi) is 6.44. The molecule has 2 amide bonds. The minimum atomic E-state index is -0.620. The summed E-state index contributed by atoms with van der Waals surface area (Å²) in [7, 11) is 0. The second kappa shape index (κ2) is 8.56. The van der Waals surface area contributed by atoms with Crippen molar-refractivity contribution in [1.82, 2.24) is 5.32 Å². The van der Waals surface area contributed by atoms with E-state index < -0.39 is 11.8 Å². The van der Waals surface area contributed by atoms with E-state index in [0.29, 0.717) is 18.2 Å². The van der Waals surface area contributed by atoms with Gasteiger partial charge in [-0.15, -0.1) is 0 Å². The van der Waals surface area contributed by atoms with E-state index in [-0.39, 0.29) is 6.04 Å². The van der Waals surface area contributed by atoms with Gasteiger partial charge in [0, 0.05) is 11.7 Å². The first-order valence-corrected chi connectivity index (χ1v) is 8.45. The lowest BCUT2D eigenvalue weighted by molar-refractivity contribution is -0.137. The van der Waals surface area contributed by atoms with Crippen LogP contribution >= 0.6 is 0 Å². The number of nitrogens with one attached hydrogen (secondary N) is 2. The van der Waals surface area contributed by atoms with Crippen LogP contribution in [0.25, 0.3) is 0 Å². The number of rotatable bonds is 5. The third kappa shape index (κ3) is 5.27. The van der Waals surface area contributed by atoms with Crippen molar-refractivity contribution in [1.29, 1.82) is 0 Å². The molecule has 0 aliphatic heterocycles. The van der Waals surface area contributed by atoms with Crippen LogP contribution < -0.4 is 15.4 Å². The molecule has 2 rings (SSSR count). The van der Waals surface area contributed by atoms with E-state index in [1.54, 1.807) is 24.3 Å². The quantitative estimate of drug-likeness (QED) is 0.820. The van der Waals surface area contributed by atoms with Gasteiger partial charge >= 0.3 is 11.8 Å². The van der Waals surface area contributed by atoms with E-state index in [9.17, 15) is 9.59 Å². The van der Waals surface area contributed by atoms with Crippen LogP contribution in [0, 0.1) is 5.92 Å². The van der Waals surface area contributed by atoms with E-state index in [1.807, 2.05) is 6.92 Å². The zero-order valence-electron chi connectivity index (χ0n) is 13.9. The smallest absolute Gasteiger partial charge is 0.313 e. The third-order valence-electron chi connectivity index (χ3n) is 4.22. The predicted molar refractivity (Wildman–Crippen MR) is 90.4 cm³/mol. The fraction of sp³-hybridized carbons (Fsp3) is 0.556. The van der Waals surface area contributed by atoms with Crippen LogP contribution in [-0.2, 0) is 9.59 Å². The molecule has 1 fully saturated rings. The average molecular weight is 318 g/mol. The highest BCUT2D eigenvalue weighted by Crippen LogP contribution is 2.23. The highest BCUT2D eigenvalue weighted by Gasteiger charge is 2.25. The van der Waals surface area contributed by atoms with Crippen molar-refractivity contribution < 1.29 is 14.3 Å². The van der Waals surface area contributed by atoms with E-state index in [2.05, 4.69) is 17.6 Å². The Morgan fingerprint density at radius 2 is 1.83 bits per heavy atom. The Hall–Kier alpha value is -2.04. The van der Waals surface area contributed by atoms with Crippen LogP contribution in [0.3, 0.4) is 0 Å². The largest absolute Gasteiger partial charge is 0.494 e. The number of anilines is 1. The Morgan fingerprint density at radius 3 is 2.48 bits per heavy atom. The summed E-state index contributed by atoms with van der Waals surface area (Å²) < 4.78 is 5.48. The summed E-state index contributed by atoms with van der Waals surface area (Å²) in [5.74, 6) is 0.000823. The summed E-state index contributed by atoms with van der Waals surface area (Å²) in [4.78, 5) is 24.0. The number of amides is 2. The number of hydrogen-bond donors (Lipinski definition) is 2. The van der Waals surface area contributed by atoms with Crippen molar-refractivity contribution in [3.05, 3.63) is 24.3 Å². The molecule has 23 heavy (non-hydrogen) atoms. The SMILES string of the molecule is CCCOc1ccc(NC(=O)C(=O)N[C@H]2CCCC[C@H]2C)cc1. The van der Waals surface area contributed by atoms with Gasteiger partial charge in [0.1, 0.15) is 5.75 Å². The summed E-state index contributed by atoms with van der Waals surface area (Å²) in [6.07, 6.45) is 5.30. The summed E-state index contributed by atoms with van der Waals surface area (Å²) in [6.45, 7) is 4.82. The normalized spacial score (nSPS) is 20.6. The maximum Gasteiger partial charge on any atom is 0.313 e. The molecular weight excluding hydrogens is 292 g/mol. The molecule has 1 aromatic rings. The highest BCUT2D eigenvalue weighted by atomic mass is 16.5. The van der Waals surface area contributed by atoms with Crippen LogP contribution in [0.4, 0.5) is 5.69 Å². The first-order chi connectivity index (χ1) is 11.1. The topological polar surface area (TPSA) is 67.4 Å². The third-order valence-corrected chi connectivity index (χ3v) is 4.22. The molecule has 0 radical (unpaired) electrons. The van der Waals surface area contributed by atoms with E-state index in [1.165, 1.54) is 6.42 Å². The minimum Gasteiger partial charge on any atom is -0.494 e. The fourth-order valence-electron chi connectivity index (χ4n) is 2.81. The van der Waals surface area contributed by atoms with Crippen LogP contribution in [0.2, 0.25) is 0 Å². The van der Waals surface area contributed by atoms with E-state index in [4.69, 9.17) is 4.74 Å². The van der Waals surface area contributed by atoms with Gasteiger partial charge in [-0.3, -0.25) is 9.59 Å². The number of benzene rings is 1. The number of carbonyl (C=O) groups excluding carboxylic acids is 2. The molecule has 2 atom stereocenters. The molecule has 1 aliphatic carbocycles. The minimum absolute atomic E-state index is 0.104. The van der Waals surface area contributed by atoms with Crippen molar-refractivity contribution in [3.8, 4) is 5.75 Å². The maximum atomic E-state index is 12.0. The first kappa shape index (κ1) is 17.3. The van der Waals surface area contributed by atoms with Gasteiger partial charge < -0.3 is 15.4 Å². The Morgan fingerprint density at radius 1 is 1.13 bits per heavy atom. The number of hydrogen-bond acceptors (Lipinski definition) is 3. The molecular formula is C18H26N2O3. The molecule has 0 saturated heterocycles. The molecule has 5 nitrogen and oxygen atoms in total. The van der Waals surface area contributed by atoms with E-state index >= 15 is 0 Å². The zero-order valence-corrected chi connectivity index (χ0v) is 13.9. The highest BCUT2D eigenvalue weighted by molar-refractivity contribution is 6.39. The van der Waals surface area contributed by atoms with Gasteiger partial charge in [-0.05, 0) is 49.4 Å². The Bertz CT molecular complexity index is 528. The standard InChI is InChI=1S/C18H26N2O3/c1-3-12-23-15-10-8-14(9-11-15)19-17(21)18(22)20-16-7-5-4-6-13(16)2/h8-11,13,16H,3-7,12H2,1-2H3,(H,19,21)(H,20,22)/t13-,16+/m1/s1. The molecule has 0 heterocycles. The maximum absolute atomic E-state index is 12.0. The summed E-state index contributed by atoms with van der Waals surface area (Å²) >= 11 is 0. The fourth-order valence-corrected chi connectivity index (χ4v) is 2.81. The van der Waals surface area contributed by atoms with Crippen LogP contribution in [0.1, 0.15) is 46.0 Å². The summed E-state index contributed by atoms with van der Waals surface area (Å²) in [5, 5.41) is 5.48. The molecule has 5 heteroatoms. The molecule has 0 unspecified atom stereocenters. The average Bonchev–Trinajstić information content (AvgIpc) is 2.56. The molecule has 0 spiro atoms. The van der Waals surface area contributed by atoms with Crippen LogP contribution in [0.5, 0.6) is 5.75 Å². The number of ether oxygens (including phenoxy) is 1. The molecule has 126 valence electrons. The predicted octanol–water partition coefficient (Wildman–Crippen LogP) is 3.11. The van der Waals surface area contributed by atoms with Crippen LogP contribution in [0.15, 0.2) is 24.3 Å². The van der Waals surface area contributed by atoms with Crippen molar-refractivity contribution in [3.63, 3.8) is 0 Å². The Labute approximate surface area is 137 Å². The summed E-state index contributed by atoms with van der Waals surface area (Å²) in [6, 6.07) is 7.14. The van der Waals surface area contributed by atoms with Crippen LogP contribution in [-0.4, -0.2) is 24.5 Å². The van der Waals surface area contributed by atoms with Gasteiger partial charge in [0.05, 0.1) is 6.61 Å². The van der Waals surface area contributed by atoms with Crippen molar-refractivity contribution >= 4 is 17.5 Å². The second-order valence-corrected chi connectivity index (χ2v) is 6.17. The van der Waals surface area contributed by atoms with Gasteiger partial charge in [-0.2, -0.15) is 0 Å². The number of carbonyl (C=O) groups is 2. The lowest BCUT2D eigenvalue weighted by Gasteiger charge is -2.29.